The van der Waals surface area contributed by atoms with Gasteiger partial charge in [-0.15, -0.1) is 0 Å². The van der Waals surface area contributed by atoms with Crippen molar-refractivity contribution in [2.75, 3.05) is 65.1 Å². The van der Waals surface area contributed by atoms with Crippen LogP contribution in [-0.4, -0.2) is 111 Å². The molecule has 0 aromatic heterocycles. The van der Waals surface area contributed by atoms with Gasteiger partial charge < -0.3 is 38.6 Å². The molecule has 0 spiro atoms. The van der Waals surface area contributed by atoms with Crippen molar-refractivity contribution in [1.82, 2.24) is 15.1 Å². The number of hydrogen-bond acceptors (Lipinski definition) is 10. The zero-order chi connectivity index (χ0) is 38.2. The maximum atomic E-state index is 14.1. The van der Waals surface area contributed by atoms with Crippen molar-refractivity contribution >= 4 is 23.8 Å². The quantitative estimate of drug-likeness (QED) is 0.241. The van der Waals surface area contributed by atoms with Crippen molar-refractivity contribution in [3.63, 3.8) is 0 Å². The predicted octanol–water partition coefficient (Wildman–Crippen LogP) is 6.12. The van der Waals surface area contributed by atoms with Gasteiger partial charge in [0.15, 0.2) is 11.5 Å². The van der Waals surface area contributed by atoms with Crippen molar-refractivity contribution < 1.29 is 42.8 Å². The van der Waals surface area contributed by atoms with Gasteiger partial charge in [-0.1, -0.05) is 6.07 Å². The Labute approximate surface area is 308 Å². The second kappa shape index (κ2) is 17.5. The first-order valence-corrected chi connectivity index (χ1v) is 18.1. The standard InChI is InChI=1S/C39H58N4O9/c1-26(2)42(35(44)28-13-15-33(48-10)34(21-28)49-18-11-17-47-9)25-29-22-40-23-31(29)43(37(46)52-39(6,7)8)24-27-12-14-32-30(20-27)41(16-19-50-32)36(45)51-38(3,4)5/h12-15,20-21,26,29,31,40H,11,16-19,22-25H2,1-10H3/t29-,31-/m1/s1. The van der Waals surface area contributed by atoms with Gasteiger partial charge in [0, 0.05) is 63.8 Å². The SMILES string of the molecule is COCCCOc1cc(C(=O)N(C[C@H]2CNC[C@H]2N(Cc2ccc3c(c2)N(C(=O)OC(C)(C)C)CCO3)C(=O)OC(C)(C)C)C(C)C)ccc1OC. The number of hydrogen-bond donors (Lipinski definition) is 1. The van der Waals surface area contributed by atoms with Crippen LogP contribution in [0.15, 0.2) is 36.4 Å². The average molecular weight is 727 g/mol. The summed E-state index contributed by atoms with van der Waals surface area (Å²) in [6.07, 6.45) is -0.225. The zero-order valence-corrected chi connectivity index (χ0v) is 32.6. The molecule has 0 aliphatic carbocycles. The molecule has 2 aromatic carbocycles. The van der Waals surface area contributed by atoms with Crippen LogP contribution in [0.5, 0.6) is 17.2 Å². The Morgan fingerprint density at radius 1 is 0.942 bits per heavy atom. The van der Waals surface area contributed by atoms with E-state index in [4.69, 9.17) is 28.4 Å². The van der Waals surface area contributed by atoms with E-state index >= 15 is 0 Å². The van der Waals surface area contributed by atoms with Crippen LogP contribution >= 0.6 is 0 Å². The molecular formula is C39H58N4O9. The molecule has 288 valence electrons. The van der Waals surface area contributed by atoms with Gasteiger partial charge in [0.25, 0.3) is 5.91 Å². The first kappa shape index (κ1) is 40.5. The third-order valence-corrected chi connectivity index (χ3v) is 8.66. The second-order valence-corrected chi connectivity index (χ2v) is 15.5. The highest BCUT2D eigenvalue weighted by atomic mass is 16.6. The van der Waals surface area contributed by atoms with Crippen molar-refractivity contribution in [3.05, 3.63) is 47.5 Å². The lowest BCUT2D eigenvalue weighted by Gasteiger charge is -2.37. The van der Waals surface area contributed by atoms with Crippen molar-refractivity contribution in [3.8, 4) is 17.2 Å². The maximum Gasteiger partial charge on any atom is 0.415 e. The van der Waals surface area contributed by atoms with E-state index in [1.165, 1.54) is 0 Å². The lowest BCUT2D eigenvalue weighted by Crippen LogP contribution is -2.50. The molecule has 4 rings (SSSR count). The minimum absolute atomic E-state index is 0.110. The van der Waals surface area contributed by atoms with Crippen LogP contribution in [0.2, 0.25) is 0 Å². The van der Waals surface area contributed by atoms with E-state index in [2.05, 4.69) is 5.32 Å². The Bertz CT molecular complexity index is 1530. The van der Waals surface area contributed by atoms with Gasteiger partial charge in [-0.2, -0.15) is 0 Å². The molecule has 1 fully saturated rings. The summed E-state index contributed by atoms with van der Waals surface area (Å²) < 4.78 is 34.1. The number of amides is 3. The Balaban J connectivity index is 1.60. The van der Waals surface area contributed by atoms with Crippen LogP contribution in [0.1, 0.15) is 77.7 Å². The molecule has 2 aromatic rings. The highest BCUT2D eigenvalue weighted by Gasteiger charge is 2.39. The van der Waals surface area contributed by atoms with Gasteiger partial charge in [0.05, 0.1) is 32.0 Å². The van der Waals surface area contributed by atoms with E-state index in [1.807, 2.05) is 78.5 Å². The minimum Gasteiger partial charge on any atom is -0.493 e. The number of fused-ring (bicyclic) bond motifs is 1. The number of methoxy groups -OCH3 is 2. The number of carbonyl (C=O) groups is 3. The van der Waals surface area contributed by atoms with E-state index in [-0.39, 0.29) is 30.5 Å². The first-order chi connectivity index (χ1) is 24.5. The largest absolute Gasteiger partial charge is 0.493 e. The van der Waals surface area contributed by atoms with Crippen LogP contribution in [-0.2, 0) is 20.8 Å². The Morgan fingerprint density at radius 3 is 2.33 bits per heavy atom. The third kappa shape index (κ3) is 10.9. The summed E-state index contributed by atoms with van der Waals surface area (Å²) in [5.74, 6) is 1.34. The number of nitrogens with one attached hydrogen (secondary N) is 1. The molecule has 52 heavy (non-hydrogen) atoms. The summed E-state index contributed by atoms with van der Waals surface area (Å²) in [4.78, 5) is 46.4. The summed E-state index contributed by atoms with van der Waals surface area (Å²) in [5, 5.41) is 3.46. The van der Waals surface area contributed by atoms with Crippen LogP contribution in [0.25, 0.3) is 0 Å². The van der Waals surface area contributed by atoms with Gasteiger partial charge in [0.1, 0.15) is 23.6 Å². The number of carbonyl (C=O) groups excluding carboxylic acids is 3. The third-order valence-electron chi connectivity index (χ3n) is 8.66. The van der Waals surface area contributed by atoms with Crippen LogP contribution < -0.4 is 24.4 Å². The summed E-state index contributed by atoms with van der Waals surface area (Å²) >= 11 is 0. The predicted molar refractivity (Wildman–Crippen MR) is 199 cm³/mol. The van der Waals surface area contributed by atoms with Crippen molar-refractivity contribution in [1.29, 1.82) is 0 Å². The summed E-state index contributed by atoms with van der Waals surface area (Å²) in [5.41, 5.74) is 0.465. The maximum absolute atomic E-state index is 14.1. The van der Waals surface area contributed by atoms with Gasteiger partial charge in [-0.3, -0.25) is 14.6 Å². The minimum atomic E-state index is -0.730. The first-order valence-electron chi connectivity index (χ1n) is 18.1. The van der Waals surface area contributed by atoms with E-state index in [9.17, 15) is 14.4 Å². The molecule has 1 N–H and O–H groups in total. The van der Waals surface area contributed by atoms with Gasteiger partial charge in [-0.05, 0) is 91.3 Å². The fourth-order valence-corrected chi connectivity index (χ4v) is 6.23. The fourth-order valence-electron chi connectivity index (χ4n) is 6.23. The fraction of sp³-hybridized carbons (Fsp3) is 0.615. The molecule has 0 saturated carbocycles. The Hall–Kier alpha value is -4.23. The van der Waals surface area contributed by atoms with E-state index < -0.39 is 23.4 Å². The molecule has 1 saturated heterocycles. The number of ether oxygens (including phenoxy) is 6. The zero-order valence-electron chi connectivity index (χ0n) is 32.6. The molecule has 0 bridgehead atoms. The molecule has 3 amide bonds. The molecule has 2 aliphatic heterocycles. The summed E-state index contributed by atoms with van der Waals surface area (Å²) in [6.45, 7) is 18.4. The van der Waals surface area contributed by atoms with Crippen LogP contribution in [0.3, 0.4) is 0 Å². The monoisotopic (exact) mass is 726 g/mol. The second-order valence-electron chi connectivity index (χ2n) is 15.5. The number of benzene rings is 2. The van der Waals surface area contributed by atoms with E-state index in [0.717, 1.165) is 5.56 Å². The lowest BCUT2D eigenvalue weighted by molar-refractivity contribution is 0.00938. The topological polar surface area (TPSA) is 128 Å². The smallest absolute Gasteiger partial charge is 0.415 e. The summed E-state index contributed by atoms with van der Waals surface area (Å²) in [6, 6.07) is 10.4. The summed E-state index contributed by atoms with van der Waals surface area (Å²) in [7, 11) is 3.21. The van der Waals surface area contributed by atoms with Gasteiger partial charge in [-0.25, -0.2) is 9.59 Å². The Kier molecular flexibility index (Phi) is 13.7. The highest BCUT2D eigenvalue weighted by molar-refractivity contribution is 5.95. The highest BCUT2D eigenvalue weighted by Crippen LogP contribution is 2.35. The van der Waals surface area contributed by atoms with E-state index in [1.54, 1.807) is 42.2 Å². The van der Waals surface area contributed by atoms with Crippen molar-refractivity contribution in [2.45, 2.75) is 91.6 Å². The number of nitrogens with zero attached hydrogens (tertiary/aromatic N) is 3. The Morgan fingerprint density at radius 2 is 1.67 bits per heavy atom. The molecule has 13 nitrogen and oxygen atoms in total. The van der Waals surface area contributed by atoms with Gasteiger partial charge in [0.2, 0.25) is 0 Å². The average Bonchev–Trinajstić information content (AvgIpc) is 3.53. The molecular weight excluding hydrogens is 668 g/mol. The molecule has 0 radical (unpaired) electrons. The number of anilines is 1. The van der Waals surface area contributed by atoms with Gasteiger partial charge >= 0.3 is 12.2 Å². The van der Waals surface area contributed by atoms with E-state index in [0.29, 0.717) is 80.9 Å². The van der Waals surface area contributed by atoms with Crippen LogP contribution in [0, 0.1) is 5.92 Å². The van der Waals surface area contributed by atoms with Crippen LogP contribution in [0.4, 0.5) is 15.3 Å². The number of rotatable bonds is 13. The molecule has 13 heteroatoms. The lowest BCUT2D eigenvalue weighted by atomic mass is 9.99. The molecule has 0 unspecified atom stereocenters. The molecule has 2 heterocycles. The normalized spacial score (nSPS) is 17.2. The molecule has 2 aliphatic rings. The molecule has 2 atom stereocenters. The van der Waals surface area contributed by atoms with Crippen molar-refractivity contribution in [2.24, 2.45) is 5.92 Å².